The largest absolute Gasteiger partial charge is 0.326 e. The topological polar surface area (TPSA) is 74.3 Å². The Morgan fingerprint density at radius 3 is 2.96 bits per heavy atom. The number of halogens is 1. The predicted molar refractivity (Wildman–Crippen MR) is 102 cm³/mol. The van der Waals surface area contributed by atoms with Crippen LogP contribution in [0.4, 0.5) is 15.2 Å². The number of nitrogens with one attached hydrogen (secondary N) is 2. The fourth-order valence-electron chi connectivity index (χ4n) is 3.65. The molecule has 2 amide bonds. The van der Waals surface area contributed by atoms with Crippen molar-refractivity contribution in [2.45, 2.75) is 38.1 Å². The smallest absolute Gasteiger partial charge is 0.234 e. The third kappa shape index (κ3) is 4.17. The lowest BCUT2D eigenvalue weighted by Crippen LogP contribution is -2.31. The summed E-state index contributed by atoms with van der Waals surface area (Å²) in [5, 5.41) is 7.93. The number of aromatic nitrogens is 1. The minimum atomic E-state index is -0.649. The average molecular weight is 388 g/mol. The molecule has 1 aromatic carbocycles. The number of fused-ring (bicyclic) bond motifs is 1. The van der Waals surface area contributed by atoms with E-state index in [4.69, 9.17) is 0 Å². The van der Waals surface area contributed by atoms with Crippen LogP contribution in [0.3, 0.4) is 0 Å². The highest BCUT2D eigenvalue weighted by Crippen LogP contribution is 2.34. The number of anilines is 2. The Hall–Kier alpha value is -2.32. The van der Waals surface area contributed by atoms with Crippen molar-refractivity contribution < 1.29 is 14.0 Å². The van der Waals surface area contributed by atoms with Gasteiger partial charge in [-0.15, -0.1) is 11.3 Å². The molecule has 2 aliphatic heterocycles. The van der Waals surface area contributed by atoms with Crippen molar-refractivity contribution in [1.29, 1.82) is 0 Å². The van der Waals surface area contributed by atoms with Gasteiger partial charge in [-0.3, -0.25) is 14.5 Å². The lowest BCUT2D eigenvalue weighted by molar-refractivity contribution is -0.123. The summed E-state index contributed by atoms with van der Waals surface area (Å²) in [7, 11) is 0. The molecule has 0 spiro atoms. The Kier molecular flexibility index (Phi) is 5.18. The Labute approximate surface area is 160 Å². The molecule has 1 fully saturated rings. The van der Waals surface area contributed by atoms with Crippen molar-refractivity contribution in [3.05, 3.63) is 40.7 Å². The molecule has 0 aliphatic carbocycles. The summed E-state index contributed by atoms with van der Waals surface area (Å²) in [6.45, 7) is 2.97. The predicted octanol–water partition coefficient (Wildman–Crippen LogP) is 3.33. The number of hydrogen-bond donors (Lipinski definition) is 2. The number of benzene rings is 1. The Morgan fingerprint density at radius 1 is 1.33 bits per heavy atom. The van der Waals surface area contributed by atoms with Crippen molar-refractivity contribution >= 4 is 34.0 Å². The summed E-state index contributed by atoms with van der Waals surface area (Å²) < 4.78 is 13.4. The Morgan fingerprint density at radius 2 is 2.15 bits per heavy atom. The molecule has 0 radical (unpaired) electrons. The molecule has 1 aromatic heterocycles. The zero-order chi connectivity index (χ0) is 18.8. The monoisotopic (exact) mass is 388 g/mol. The van der Waals surface area contributed by atoms with Crippen LogP contribution in [0.15, 0.2) is 23.6 Å². The molecule has 27 heavy (non-hydrogen) atoms. The number of rotatable bonds is 4. The van der Waals surface area contributed by atoms with E-state index in [-0.39, 0.29) is 18.2 Å². The van der Waals surface area contributed by atoms with Gasteiger partial charge in [-0.25, -0.2) is 9.37 Å². The van der Waals surface area contributed by atoms with Gasteiger partial charge >= 0.3 is 0 Å². The summed E-state index contributed by atoms with van der Waals surface area (Å²) in [4.78, 5) is 31.5. The summed E-state index contributed by atoms with van der Waals surface area (Å²) in [5.74, 6) is -1.68. The molecule has 0 saturated carbocycles. The van der Waals surface area contributed by atoms with E-state index in [0.717, 1.165) is 25.3 Å². The van der Waals surface area contributed by atoms with Crippen LogP contribution in [0.2, 0.25) is 0 Å². The maximum absolute atomic E-state index is 13.4. The zero-order valence-corrected chi connectivity index (χ0v) is 15.7. The van der Waals surface area contributed by atoms with Crippen LogP contribution in [0, 0.1) is 5.82 Å². The van der Waals surface area contributed by atoms with Gasteiger partial charge in [0, 0.05) is 24.0 Å². The highest BCUT2D eigenvalue weighted by atomic mass is 32.1. The molecule has 0 unspecified atom stereocenters. The first-order chi connectivity index (χ1) is 13.1. The van der Waals surface area contributed by atoms with Gasteiger partial charge in [0.1, 0.15) is 5.82 Å². The second-order valence-electron chi connectivity index (χ2n) is 7.01. The van der Waals surface area contributed by atoms with Crippen LogP contribution in [0.5, 0.6) is 0 Å². The van der Waals surface area contributed by atoms with Crippen molar-refractivity contribution in [1.82, 2.24) is 9.88 Å². The van der Waals surface area contributed by atoms with Crippen molar-refractivity contribution in [2.75, 3.05) is 23.7 Å². The number of piperidine rings is 1. The number of carbonyl (C=O) groups is 2. The molecular weight excluding hydrogens is 367 g/mol. The molecule has 3 heterocycles. The van der Waals surface area contributed by atoms with Crippen LogP contribution >= 0.6 is 11.3 Å². The van der Waals surface area contributed by atoms with Gasteiger partial charge in [-0.05, 0) is 43.6 Å². The van der Waals surface area contributed by atoms with Crippen LogP contribution in [-0.2, 0) is 16.1 Å². The summed E-state index contributed by atoms with van der Waals surface area (Å²) in [5.41, 5.74) is 1.93. The number of amides is 2. The molecule has 8 heteroatoms. The molecular formula is C19H21FN4O2S. The lowest BCUT2D eigenvalue weighted by Gasteiger charge is -2.25. The first-order valence-corrected chi connectivity index (χ1v) is 10.0. The average Bonchev–Trinajstić information content (AvgIpc) is 3.08. The fraction of sp³-hybridized carbons (Fsp3) is 0.421. The Bertz CT molecular complexity index is 863. The van der Waals surface area contributed by atoms with Gasteiger partial charge in [-0.2, -0.15) is 0 Å². The molecule has 1 saturated heterocycles. The third-order valence-electron chi connectivity index (χ3n) is 4.99. The first-order valence-electron chi connectivity index (χ1n) is 9.15. The summed E-state index contributed by atoms with van der Waals surface area (Å²) in [6, 6.07) is 4.10. The molecule has 142 valence electrons. The third-order valence-corrected chi connectivity index (χ3v) is 5.79. The molecule has 6 nitrogen and oxygen atoms in total. The minimum absolute atomic E-state index is 0.0382. The van der Waals surface area contributed by atoms with Crippen LogP contribution in [-0.4, -0.2) is 34.8 Å². The number of thiazole rings is 1. The van der Waals surface area contributed by atoms with E-state index in [1.807, 2.05) is 5.38 Å². The molecule has 1 atom stereocenters. The van der Waals surface area contributed by atoms with Crippen molar-refractivity contribution in [2.24, 2.45) is 0 Å². The van der Waals surface area contributed by atoms with Crippen LogP contribution < -0.4 is 10.6 Å². The Balaban J connectivity index is 1.44. The standard InChI is InChI=1S/C19H21FN4O2S/c20-12-4-5-14-15(9-17(25)22-16(14)8-12)18(26)23-19-21-13(11-27-19)10-24-6-2-1-3-7-24/h4-5,8,11,15H,1-3,6-7,9-10H2,(H,22,25)(H,21,23,26)/t15-/m0/s1. The van der Waals surface area contributed by atoms with E-state index in [2.05, 4.69) is 20.5 Å². The SMILES string of the molecule is O=C1C[C@H](C(=O)Nc2nc(CN3CCCCC3)cs2)c2ccc(F)cc2N1. The van der Waals surface area contributed by atoms with E-state index in [1.54, 1.807) is 6.07 Å². The second-order valence-corrected chi connectivity index (χ2v) is 7.86. The highest BCUT2D eigenvalue weighted by molar-refractivity contribution is 7.13. The maximum atomic E-state index is 13.4. The van der Waals surface area contributed by atoms with E-state index in [9.17, 15) is 14.0 Å². The van der Waals surface area contributed by atoms with Gasteiger partial charge < -0.3 is 10.6 Å². The molecule has 2 N–H and O–H groups in total. The molecule has 0 bridgehead atoms. The highest BCUT2D eigenvalue weighted by Gasteiger charge is 2.31. The number of nitrogens with zero attached hydrogens (tertiary/aromatic N) is 2. The number of likely N-dealkylation sites (tertiary alicyclic amines) is 1. The normalized spacial score (nSPS) is 20.0. The zero-order valence-electron chi connectivity index (χ0n) is 14.8. The quantitative estimate of drug-likeness (QED) is 0.843. The van der Waals surface area contributed by atoms with E-state index in [0.29, 0.717) is 16.4 Å². The second kappa shape index (κ2) is 7.74. The van der Waals surface area contributed by atoms with Crippen molar-refractivity contribution in [3.8, 4) is 0 Å². The van der Waals surface area contributed by atoms with Gasteiger partial charge in [0.25, 0.3) is 0 Å². The van der Waals surface area contributed by atoms with Gasteiger partial charge in [-0.1, -0.05) is 12.5 Å². The molecule has 2 aromatic rings. The molecule has 4 rings (SSSR count). The lowest BCUT2D eigenvalue weighted by atomic mass is 9.90. The summed E-state index contributed by atoms with van der Waals surface area (Å²) >= 11 is 1.38. The van der Waals surface area contributed by atoms with Gasteiger partial charge in [0.05, 0.1) is 11.6 Å². The minimum Gasteiger partial charge on any atom is -0.326 e. The van der Waals surface area contributed by atoms with Crippen LogP contribution in [0.25, 0.3) is 0 Å². The van der Waals surface area contributed by atoms with Gasteiger partial charge in [0.15, 0.2) is 5.13 Å². The van der Waals surface area contributed by atoms with E-state index in [1.165, 1.54) is 42.7 Å². The van der Waals surface area contributed by atoms with Crippen molar-refractivity contribution in [3.63, 3.8) is 0 Å². The van der Waals surface area contributed by atoms with Crippen LogP contribution in [0.1, 0.15) is 42.9 Å². The van der Waals surface area contributed by atoms with E-state index < -0.39 is 11.7 Å². The van der Waals surface area contributed by atoms with Gasteiger partial charge in [0.2, 0.25) is 11.8 Å². The maximum Gasteiger partial charge on any atom is 0.234 e. The first kappa shape index (κ1) is 18.1. The molecule has 2 aliphatic rings. The fourth-order valence-corrected chi connectivity index (χ4v) is 4.35. The number of hydrogen-bond acceptors (Lipinski definition) is 5. The summed E-state index contributed by atoms with van der Waals surface area (Å²) in [6.07, 6.45) is 3.76. The van der Waals surface area contributed by atoms with E-state index >= 15 is 0 Å². The number of carbonyl (C=O) groups excluding carboxylic acids is 2.